The Bertz CT molecular complexity index is 284. The van der Waals surface area contributed by atoms with Gasteiger partial charge in [0.15, 0.2) is 6.80 Å². The summed E-state index contributed by atoms with van der Waals surface area (Å²) in [5.41, 5.74) is -0.0370. The van der Waals surface area contributed by atoms with Crippen LogP contribution in [0, 0.1) is 11.6 Å². The molecule has 0 amide bonds. The van der Waals surface area contributed by atoms with E-state index in [0.717, 1.165) is 23.1 Å². The summed E-state index contributed by atoms with van der Waals surface area (Å²) in [7, 11) is 0. The SMILES string of the molecule is CCN(CF)c1cc(F)ccc1F. The number of benzene rings is 1. The van der Waals surface area contributed by atoms with E-state index in [1.54, 1.807) is 6.92 Å². The summed E-state index contributed by atoms with van der Waals surface area (Å²) < 4.78 is 38.0. The quantitative estimate of drug-likeness (QED) is 0.661. The van der Waals surface area contributed by atoms with E-state index < -0.39 is 18.4 Å². The third-order valence-corrected chi connectivity index (χ3v) is 1.77. The first-order valence-corrected chi connectivity index (χ1v) is 3.95. The van der Waals surface area contributed by atoms with Crippen LogP contribution in [0.25, 0.3) is 0 Å². The topological polar surface area (TPSA) is 3.24 Å². The second-order valence-corrected chi connectivity index (χ2v) is 2.57. The van der Waals surface area contributed by atoms with Crippen molar-refractivity contribution in [3.8, 4) is 0 Å². The van der Waals surface area contributed by atoms with Crippen LogP contribution in [0.2, 0.25) is 0 Å². The Kier molecular flexibility index (Phi) is 3.17. The van der Waals surface area contributed by atoms with Crippen LogP contribution in [0.4, 0.5) is 18.9 Å². The molecule has 1 aromatic rings. The molecule has 0 aliphatic carbocycles. The average Bonchev–Trinajstić information content (AvgIpc) is 2.13. The second kappa shape index (κ2) is 4.16. The maximum Gasteiger partial charge on any atom is 0.162 e. The molecule has 0 heterocycles. The van der Waals surface area contributed by atoms with Crippen molar-refractivity contribution in [3.63, 3.8) is 0 Å². The van der Waals surface area contributed by atoms with E-state index in [4.69, 9.17) is 0 Å². The Morgan fingerprint density at radius 3 is 2.54 bits per heavy atom. The summed E-state index contributed by atoms with van der Waals surface area (Å²) in [6.07, 6.45) is 0. The Morgan fingerprint density at radius 2 is 2.00 bits per heavy atom. The zero-order valence-electron chi connectivity index (χ0n) is 7.23. The van der Waals surface area contributed by atoms with Gasteiger partial charge in [-0.25, -0.2) is 13.2 Å². The van der Waals surface area contributed by atoms with Gasteiger partial charge in [0.05, 0.1) is 5.69 Å². The molecule has 13 heavy (non-hydrogen) atoms. The van der Waals surface area contributed by atoms with Crippen LogP contribution in [0.1, 0.15) is 6.92 Å². The van der Waals surface area contributed by atoms with Gasteiger partial charge in [0.2, 0.25) is 0 Å². The molecule has 0 spiro atoms. The normalized spacial score (nSPS) is 10.2. The Labute approximate surface area is 74.8 Å². The Balaban J connectivity index is 3.03. The van der Waals surface area contributed by atoms with Crippen LogP contribution >= 0.6 is 0 Å². The van der Waals surface area contributed by atoms with E-state index in [2.05, 4.69) is 0 Å². The third-order valence-electron chi connectivity index (χ3n) is 1.77. The van der Waals surface area contributed by atoms with Gasteiger partial charge in [0, 0.05) is 12.6 Å². The van der Waals surface area contributed by atoms with Crippen molar-refractivity contribution >= 4 is 5.69 Å². The Hall–Kier alpha value is -1.19. The summed E-state index contributed by atoms with van der Waals surface area (Å²) >= 11 is 0. The van der Waals surface area contributed by atoms with Crippen LogP contribution in [0.5, 0.6) is 0 Å². The number of halogens is 3. The van der Waals surface area contributed by atoms with Gasteiger partial charge in [-0.15, -0.1) is 0 Å². The lowest BCUT2D eigenvalue weighted by molar-refractivity contribution is 0.471. The van der Waals surface area contributed by atoms with Crippen LogP contribution < -0.4 is 4.90 Å². The molecule has 0 unspecified atom stereocenters. The molecule has 0 saturated heterocycles. The van der Waals surface area contributed by atoms with Gasteiger partial charge in [-0.3, -0.25) is 0 Å². The van der Waals surface area contributed by atoms with E-state index in [1.807, 2.05) is 0 Å². The van der Waals surface area contributed by atoms with Gasteiger partial charge in [-0.2, -0.15) is 0 Å². The number of alkyl halides is 1. The molecule has 0 bridgehead atoms. The molecule has 0 fully saturated rings. The molecule has 4 heteroatoms. The van der Waals surface area contributed by atoms with Crippen molar-refractivity contribution < 1.29 is 13.2 Å². The van der Waals surface area contributed by atoms with Gasteiger partial charge >= 0.3 is 0 Å². The zero-order valence-corrected chi connectivity index (χ0v) is 7.23. The van der Waals surface area contributed by atoms with Gasteiger partial charge in [-0.1, -0.05) is 0 Å². The summed E-state index contributed by atoms with van der Waals surface area (Å²) in [5, 5.41) is 0. The fourth-order valence-electron chi connectivity index (χ4n) is 1.05. The van der Waals surface area contributed by atoms with Crippen molar-refractivity contribution in [2.45, 2.75) is 6.92 Å². The van der Waals surface area contributed by atoms with E-state index >= 15 is 0 Å². The highest BCUT2D eigenvalue weighted by Gasteiger charge is 2.09. The van der Waals surface area contributed by atoms with E-state index in [9.17, 15) is 13.2 Å². The maximum atomic E-state index is 13.0. The molecular formula is C9H10F3N. The summed E-state index contributed by atoms with van der Waals surface area (Å²) in [4.78, 5) is 1.11. The van der Waals surface area contributed by atoms with Crippen molar-refractivity contribution in [1.82, 2.24) is 0 Å². The van der Waals surface area contributed by atoms with Crippen molar-refractivity contribution in [2.75, 3.05) is 18.2 Å². The first-order chi connectivity index (χ1) is 6.19. The highest BCUT2D eigenvalue weighted by atomic mass is 19.1. The standard InChI is InChI=1S/C9H10F3N/c1-2-13(6-10)9-5-7(11)3-4-8(9)12/h3-5H,2,6H2,1H3. The first kappa shape index (κ1) is 9.89. The minimum absolute atomic E-state index is 0.0370. The molecule has 1 rings (SSSR count). The minimum Gasteiger partial charge on any atom is -0.342 e. The van der Waals surface area contributed by atoms with Crippen LogP contribution in [-0.4, -0.2) is 13.3 Å². The zero-order chi connectivity index (χ0) is 9.84. The minimum atomic E-state index is -0.823. The predicted octanol–water partition coefficient (Wildman–Crippen LogP) is 2.72. The summed E-state index contributed by atoms with van der Waals surface area (Å²) in [6.45, 7) is 1.15. The van der Waals surface area contributed by atoms with Gasteiger partial charge in [0.1, 0.15) is 11.6 Å². The monoisotopic (exact) mass is 189 g/mol. The lowest BCUT2D eigenvalue weighted by Crippen LogP contribution is -2.22. The first-order valence-electron chi connectivity index (χ1n) is 3.95. The summed E-state index contributed by atoms with van der Waals surface area (Å²) in [5.74, 6) is -1.18. The molecule has 0 atom stereocenters. The largest absolute Gasteiger partial charge is 0.342 e. The molecule has 0 radical (unpaired) electrons. The molecule has 0 aromatic heterocycles. The second-order valence-electron chi connectivity index (χ2n) is 2.57. The molecular weight excluding hydrogens is 179 g/mol. The van der Waals surface area contributed by atoms with Crippen molar-refractivity contribution in [3.05, 3.63) is 29.8 Å². The molecule has 0 aliphatic rings. The lowest BCUT2D eigenvalue weighted by atomic mass is 10.2. The summed E-state index contributed by atoms with van der Waals surface area (Å²) in [6, 6.07) is 2.98. The molecule has 0 saturated carbocycles. The van der Waals surface area contributed by atoms with Crippen LogP contribution in [0.15, 0.2) is 18.2 Å². The number of hydrogen-bond acceptors (Lipinski definition) is 1. The smallest absolute Gasteiger partial charge is 0.162 e. The highest BCUT2D eigenvalue weighted by molar-refractivity contribution is 5.47. The van der Waals surface area contributed by atoms with E-state index in [0.29, 0.717) is 6.54 Å². The molecule has 1 nitrogen and oxygen atoms in total. The van der Waals surface area contributed by atoms with Crippen LogP contribution in [0.3, 0.4) is 0 Å². The number of rotatable bonds is 3. The molecule has 0 N–H and O–H groups in total. The van der Waals surface area contributed by atoms with Gasteiger partial charge in [0.25, 0.3) is 0 Å². The Morgan fingerprint density at radius 1 is 1.31 bits per heavy atom. The third kappa shape index (κ3) is 2.14. The molecule has 0 aliphatic heterocycles. The number of nitrogens with zero attached hydrogens (tertiary/aromatic N) is 1. The fraction of sp³-hybridized carbons (Fsp3) is 0.333. The van der Waals surface area contributed by atoms with Crippen LogP contribution in [-0.2, 0) is 0 Å². The van der Waals surface area contributed by atoms with E-state index in [1.165, 1.54) is 0 Å². The predicted molar refractivity (Wildman–Crippen MR) is 45.4 cm³/mol. The lowest BCUT2D eigenvalue weighted by Gasteiger charge is -2.19. The number of anilines is 1. The fourth-order valence-corrected chi connectivity index (χ4v) is 1.05. The molecule has 1 aromatic carbocycles. The number of hydrogen-bond donors (Lipinski definition) is 0. The maximum absolute atomic E-state index is 13.0. The molecule has 72 valence electrons. The van der Waals surface area contributed by atoms with Gasteiger partial charge in [-0.05, 0) is 19.1 Å². The van der Waals surface area contributed by atoms with Crippen molar-refractivity contribution in [2.24, 2.45) is 0 Å². The van der Waals surface area contributed by atoms with E-state index in [-0.39, 0.29) is 5.69 Å². The highest BCUT2D eigenvalue weighted by Crippen LogP contribution is 2.19. The average molecular weight is 189 g/mol. The van der Waals surface area contributed by atoms with Crippen molar-refractivity contribution in [1.29, 1.82) is 0 Å². The van der Waals surface area contributed by atoms with Gasteiger partial charge < -0.3 is 4.90 Å².